The number of hydrogen-bond donors (Lipinski definition) is 3. The van der Waals surface area contributed by atoms with Crippen LogP contribution < -0.4 is 11.1 Å². The number of rotatable bonds is 4. The maximum absolute atomic E-state index is 8.38. The lowest BCUT2D eigenvalue weighted by molar-refractivity contribution is 0.285. The Kier molecular flexibility index (Phi) is 4.73. The van der Waals surface area contributed by atoms with Crippen molar-refractivity contribution in [1.82, 2.24) is 5.32 Å². The first-order valence-corrected chi connectivity index (χ1v) is 5.44. The van der Waals surface area contributed by atoms with E-state index in [9.17, 15) is 0 Å². The van der Waals surface area contributed by atoms with E-state index in [1.165, 1.54) is 32.1 Å². The molecule has 1 fully saturated rings. The van der Waals surface area contributed by atoms with Crippen LogP contribution in [0.3, 0.4) is 0 Å². The molecule has 82 valence electrons. The van der Waals surface area contributed by atoms with Crippen LogP contribution >= 0.6 is 0 Å². The number of amidine groups is 1. The van der Waals surface area contributed by atoms with Gasteiger partial charge in [-0.15, -0.1) is 0 Å². The van der Waals surface area contributed by atoms with Crippen molar-refractivity contribution in [3.05, 3.63) is 0 Å². The molecule has 0 saturated heterocycles. The fraction of sp³-hybridized carbons (Fsp3) is 0.900. The van der Waals surface area contributed by atoms with Gasteiger partial charge in [-0.05, 0) is 25.7 Å². The van der Waals surface area contributed by atoms with Gasteiger partial charge in [0.15, 0.2) is 5.84 Å². The van der Waals surface area contributed by atoms with Crippen LogP contribution in [0.5, 0.6) is 0 Å². The van der Waals surface area contributed by atoms with Gasteiger partial charge in [-0.1, -0.05) is 24.4 Å². The van der Waals surface area contributed by atoms with Crippen molar-refractivity contribution in [3.8, 4) is 0 Å². The molecule has 0 aromatic heterocycles. The largest absolute Gasteiger partial charge is 0.409 e. The quantitative estimate of drug-likeness (QED) is 0.276. The fourth-order valence-electron chi connectivity index (χ4n) is 2.10. The second-order valence-corrected chi connectivity index (χ2v) is 4.16. The van der Waals surface area contributed by atoms with Gasteiger partial charge in [0.1, 0.15) is 0 Å². The fourth-order valence-corrected chi connectivity index (χ4v) is 2.10. The highest BCUT2D eigenvalue weighted by atomic mass is 16.4. The molecule has 0 radical (unpaired) electrons. The first-order chi connectivity index (χ1) is 6.74. The Bertz CT molecular complexity index is 188. The van der Waals surface area contributed by atoms with Crippen molar-refractivity contribution in [2.75, 3.05) is 6.54 Å². The normalized spacial score (nSPS) is 22.2. The lowest BCUT2D eigenvalue weighted by Crippen LogP contribution is -2.39. The zero-order valence-corrected chi connectivity index (χ0v) is 8.87. The standard InChI is InChI=1S/C10H21N3O/c1-8(12-7-10(11)13-14)9-5-3-2-4-6-9/h8-9,12,14H,2-7H2,1H3,(H2,11,13). The number of nitrogens with two attached hydrogens (primary N) is 1. The summed E-state index contributed by atoms with van der Waals surface area (Å²) in [7, 11) is 0. The molecule has 0 aromatic rings. The van der Waals surface area contributed by atoms with E-state index in [4.69, 9.17) is 10.9 Å². The number of oxime groups is 1. The van der Waals surface area contributed by atoms with Gasteiger partial charge >= 0.3 is 0 Å². The average molecular weight is 199 g/mol. The van der Waals surface area contributed by atoms with E-state index in [1.54, 1.807) is 0 Å². The summed E-state index contributed by atoms with van der Waals surface area (Å²) in [5.74, 6) is 1.02. The second-order valence-electron chi connectivity index (χ2n) is 4.16. The Hall–Kier alpha value is -0.770. The monoisotopic (exact) mass is 199 g/mol. The van der Waals surface area contributed by atoms with Gasteiger partial charge < -0.3 is 16.3 Å². The Morgan fingerprint density at radius 2 is 2.14 bits per heavy atom. The molecule has 0 aromatic carbocycles. The molecular weight excluding hydrogens is 178 g/mol. The summed E-state index contributed by atoms with van der Waals surface area (Å²) in [5, 5.41) is 14.6. The summed E-state index contributed by atoms with van der Waals surface area (Å²) in [6, 6.07) is 0.468. The summed E-state index contributed by atoms with van der Waals surface area (Å²) in [6.07, 6.45) is 6.69. The lowest BCUT2D eigenvalue weighted by Gasteiger charge is -2.28. The van der Waals surface area contributed by atoms with E-state index < -0.39 is 0 Å². The van der Waals surface area contributed by atoms with Gasteiger partial charge in [0.25, 0.3) is 0 Å². The lowest BCUT2D eigenvalue weighted by atomic mass is 9.84. The van der Waals surface area contributed by atoms with Crippen LogP contribution in [-0.2, 0) is 0 Å². The summed E-state index contributed by atoms with van der Waals surface area (Å²) in [4.78, 5) is 0. The Balaban J connectivity index is 2.22. The molecule has 14 heavy (non-hydrogen) atoms. The number of hydrogen-bond acceptors (Lipinski definition) is 3. The minimum Gasteiger partial charge on any atom is -0.409 e. The highest BCUT2D eigenvalue weighted by molar-refractivity contribution is 5.81. The van der Waals surface area contributed by atoms with Gasteiger partial charge in [0.05, 0.1) is 6.54 Å². The highest BCUT2D eigenvalue weighted by Gasteiger charge is 2.19. The molecule has 0 bridgehead atoms. The molecule has 1 unspecified atom stereocenters. The number of nitrogens with one attached hydrogen (secondary N) is 1. The van der Waals surface area contributed by atoms with Crippen LogP contribution in [0.2, 0.25) is 0 Å². The molecule has 1 saturated carbocycles. The number of nitrogens with zero attached hydrogens (tertiary/aromatic N) is 1. The third-order valence-electron chi connectivity index (χ3n) is 3.09. The minimum absolute atomic E-state index is 0.257. The molecule has 1 atom stereocenters. The van der Waals surface area contributed by atoms with Crippen LogP contribution in [0.1, 0.15) is 39.0 Å². The summed E-state index contributed by atoms with van der Waals surface area (Å²) < 4.78 is 0. The van der Waals surface area contributed by atoms with E-state index in [2.05, 4.69) is 17.4 Å². The highest BCUT2D eigenvalue weighted by Crippen LogP contribution is 2.26. The van der Waals surface area contributed by atoms with Crippen molar-refractivity contribution in [2.45, 2.75) is 45.1 Å². The van der Waals surface area contributed by atoms with E-state index >= 15 is 0 Å². The van der Waals surface area contributed by atoms with Crippen LogP contribution in [-0.4, -0.2) is 23.6 Å². The van der Waals surface area contributed by atoms with E-state index in [0.717, 1.165) is 5.92 Å². The zero-order valence-electron chi connectivity index (χ0n) is 8.87. The molecule has 0 aliphatic heterocycles. The molecule has 1 aliphatic rings. The molecule has 0 amide bonds. The topological polar surface area (TPSA) is 70.6 Å². The summed E-state index contributed by atoms with van der Waals surface area (Å²) in [6.45, 7) is 2.66. The molecule has 4 nitrogen and oxygen atoms in total. The molecule has 0 spiro atoms. The third kappa shape index (κ3) is 3.54. The minimum atomic E-state index is 0.257. The Morgan fingerprint density at radius 1 is 1.50 bits per heavy atom. The maximum atomic E-state index is 8.38. The van der Waals surface area contributed by atoms with Crippen molar-refractivity contribution in [3.63, 3.8) is 0 Å². The van der Waals surface area contributed by atoms with Crippen LogP contribution in [0.4, 0.5) is 0 Å². The third-order valence-corrected chi connectivity index (χ3v) is 3.09. The smallest absolute Gasteiger partial charge is 0.153 e. The van der Waals surface area contributed by atoms with Gasteiger partial charge in [-0.3, -0.25) is 0 Å². The molecule has 4 heteroatoms. The van der Waals surface area contributed by atoms with Gasteiger partial charge in [-0.2, -0.15) is 0 Å². The maximum Gasteiger partial charge on any atom is 0.153 e. The first-order valence-electron chi connectivity index (χ1n) is 5.44. The zero-order chi connectivity index (χ0) is 10.4. The van der Waals surface area contributed by atoms with Crippen LogP contribution in [0.25, 0.3) is 0 Å². The van der Waals surface area contributed by atoms with Gasteiger partial charge in [0, 0.05) is 6.04 Å². The second kappa shape index (κ2) is 5.86. The van der Waals surface area contributed by atoms with E-state index in [-0.39, 0.29) is 5.84 Å². The average Bonchev–Trinajstić information content (AvgIpc) is 2.26. The van der Waals surface area contributed by atoms with E-state index in [0.29, 0.717) is 12.6 Å². The van der Waals surface area contributed by atoms with Crippen molar-refractivity contribution >= 4 is 5.84 Å². The molecule has 0 heterocycles. The SMILES string of the molecule is CC(NCC(N)=NO)C1CCCCC1. The van der Waals surface area contributed by atoms with Crippen molar-refractivity contribution in [2.24, 2.45) is 16.8 Å². The van der Waals surface area contributed by atoms with E-state index in [1.807, 2.05) is 0 Å². The van der Waals surface area contributed by atoms with Crippen molar-refractivity contribution < 1.29 is 5.21 Å². The Morgan fingerprint density at radius 3 is 2.71 bits per heavy atom. The van der Waals surface area contributed by atoms with Crippen LogP contribution in [0.15, 0.2) is 5.16 Å². The van der Waals surface area contributed by atoms with Gasteiger partial charge in [0.2, 0.25) is 0 Å². The van der Waals surface area contributed by atoms with Crippen LogP contribution in [0, 0.1) is 5.92 Å². The predicted octanol–water partition coefficient (Wildman–Crippen LogP) is 1.29. The molecule has 1 aliphatic carbocycles. The predicted molar refractivity (Wildman–Crippen MR) is 57.4 cm³/mol. The Labute approximate surface area is 85.6 Å². The molecule has 4 N–H and O–H groups in total. The van der Waals surface area contributed by atoms with Crippen molar-refractivity contribution in [1.29, 1.82) is 0 Å². The molecule has 1 rings (SSSR count). The molecular formula is C10H21N3O. The summed E-state index contributed by atoms with van der Waals surface area (Å²) in [5.41, 5.74) is 5.39. The summed E-state index contributed by atoms with van der Waals surface area (Å²) >= 11 is 0. The first kappa shape index (κ1) is 11.3. The van der Waals surface area contributed by atoms with Gasteiger partial charge in [-0.25, -0.2) is 0 Å².